The van der Waals surface area contributed by atoms with Crippen LogP contribution in [0.25, 0.3) is 128 Å². The summed E-state index contributed by atoms with van der Waals surface area (Å²) in [6.45, 7) is 8.07. The van der Waals surface area contributed by atoms with Crippen LogP contribution in [-0.2, 0) is 10.8 Å². The van der Waals surface area contributed by atoms with Gasteiger partial charge in [0.1, 0.15) is 28.5 Å². The highest BCUT2D eigenvalue weighted by Gasteiger charge is 2.30. The summed E-state index contributed by atoms with van der Waals surface area (Å²) in [5.74, 6) is 2.12. The average molecular weight is 1070 g/mol. The lowest BCUT2D eigenvalue weighted by Crippen LogP contribution is -2.35. The van der Waals surface area contributed by atoms with Gasteiger partial charge >= 0.3 is 0 Å². The molecule has 0 atom stereocenters. The van der Waals surface area contributed by atoms with E-state index in [-0.39, 0.29) is 22.1 Å². The van der Waals surface area contributed by atoms with Crippen molar-refractivity contribution in [2.24, 2.45) is 0 Å². The predicted molar refractivity (Wildman–Crippen MR) is 337 cm³/mol. The first kappa shape index (κ1) is 43.1. The van der Waals surface area contributed by atoms with Gasteiger partial charge in [-0.3, -0.25) is 13.7 Å². The van der Waals surface area contributed by atoms with E-state index in [9.17, 15) is 0 Å². The average Bonchev–Trinajstić information content (AvgIpc) is 1.53. The van der Waals surface area contributed by atoms with Crippen molar-refractivity contribution in [3.63, 3.8) is 0 Å². The molecule has 0 N–H and O–H groups in total. The minimum absolute atomic E-state index is 0.0228. The Labute approximate surface area is 486 Å². The maximum Gasteiger partial charge on any atom is 0.269 e. The molecule has 10 aromatic carbocycles. The zero-order valence-corrected chi connectivity index (χ0v) is 46.4. The molecule has 0 bridgehead atoms. The Morgan fingerprint density at radius 2 is 1.17 bits per heavy atom. The van der Waals surface area contributed by atoms with Crippen molar-refractivity contribution in [1.29, 1.82) is 0 Å². The first-order chi connectivity index (χ1) is 42.2. The second kappa shape index (κ2) is 18.4. The Morgan fingerprint density at radius 1 is 0.488 bits per heavy atom. The molecule has 82 heavy (non-hydrogen) atoms. The lowest BCUT2D eigenvalue weighted by Gasteiger charge is -2.26. The summed E-state index contributed by atoms with van der Waals surface area (Å²) in [7, 11) is 0. The van der Waals surface area contributed by atoms with Crippen molar-refractivity contribution in [1.82, 2.24) is 14.1 Å². The first-order valence-corrected chi connectivity index (χ1v) is 27.9. The number of pyridine rings is 1. The molecule has 0 saturated heterocycles. The molecule has 15 rings (SSSR count). The van der Waals surface area contributed by atoms with Gasteiger partial charge in [0.25, 0.3) is 6.33 Å². The highest BCUT2D eigenvalue weighted by Crippen LogP contribution is 2.48. The largest absolute Gasteiger partial charge is 0.458 e. The SMILES string of the molecule is [2H]C([2H])([2H])c1cccc(C([2H])([2H])[2H])c1-c1ccc2c(c1)-c1cccc(C(C)(C)C)c1-[n+]1[c-]n(-c3cccc(Oc4ccc5c6ccccc6n(-c6cc(C(C)(C)C)ccn6)c5c4)c3)c3cc(-c4ccc5oc6ccccc6c5c4)cc(c31)-c1ccccc1-2. The molecule has 0 spiro atoms. The van der Waals surface area contributed by atoms with E-state index in [2.05, 4.69) is 195 Å². The van der Waals surface area contributed by atoms with Crippen LogP contribution in [0.2, 0.25) is 0 Å². The van der Waals surface area contributed by atoms with Gasteiger partial charge in [-0.25, -0.2) is 4.98 Å². The van der Waals surface area contributed by atoms with Crippen LogP contribution in [0.15, 0.2) is 223 Å². The van der Waals surface area contributed by atoms with E-state index in [4.69, 9.17) is 22.4 Å². The molecule has 6 nitrogen and oxygen atoms in total. The highest BCUT2D eigenvalue weighted by atomic mass is 16.5. The number of hydrogen-bond acceptors (Lipinski definition) is 3. The molecule has 0 fully saturated rings. The molecule has 0 radical (unpaired) electrons. The normalized spacial score (nSPS) is 13.8. The second-order valence-electron chi connectivity index (χ2n) is 23.7. The van der Waals surface area contributed by atoms with E-state index >= 15 is 0 Å². The molecular weight excluding hydrogens is 1000 g/mol. The maximum absolute atomic E-state index is 8.71. The zero-order valence-electron chi connectivity index (χ0n) is 52.4. The van der Waals surface area contributed by atoms with E-state index in [0.29, 0.717) is 17.1 Å². The maximum atomic E-state index is 8.71. The van der Waals surface area contributed by atoms with Gasteiger partial charge in [-0.2, -0.15) is 0 Å². The van der Waals surface area contributed by atoms with Crippen LogP contribution < -0.4 is 9.30 Å². The predicted octanol–water partition coefficient (Wildman–Crippen LogP) is 19.8. The molecule has 0 amide bonds. The molecule has 0 saturated carbocycles. The molecule has 5 heterocycles. The number of hydrogen-bond donors (Lipinski definition) is 0. The quantitative estimate of drug-likeness (QED) is 0.123. The molecule has 1 aliphatic rings. The van der Waals surface area contributed by atoms with Crippen molar-refractivity contribution >= 4 is 54.8 Å². The fourth-order valence-electron chi connectivity index (χ4n) is 12.5. The number of rotatable bonds is 6. The minimum Gasteiger partial charge on any atom is -0.458 e. The van der Waals surface area contributed by atoms with E-state index in [1.165, 1.54) is 23.8 Å². The number of furan rings is 1. The van der Waals surface area contributed by atoms with E-state index < -0.39 is 19.1 Å². The monoisotopic (exact) mass is 1070 g/mol. The summed E-state index contributed by atoms with van der Waals surface area (Å²) >= 11 is 0. The molecule has 6 heteroatoms. The smallest absolute Gasteiger partial charge is 0.269 e. The van der Waals surface area contributed by atoms with Gasteiger partial charge in [-0.15, -0.1) is 0 Å². The van der Waals surface area contributed by atoms with Crippen LogP contribution in [0.3, 0.4) is 0 Å². The third-order valence-electron chi connectivity index (χ3n) is 16.5. The van der Waals surface area contributed by atoms with Gasteiger partial charge in [0, 0.05) is 42.0 Å². The molecule has 1 aliphatic heterocycles. The van der Waals surface area contributed by atoms with Crippen LogP contribution in [0.4, 0.5) is 0 Å². The number of aryl methyl sites for hydroxylation is 2. The first-order valence-electron chi connectivity index (χ1n) is 30.9. The van der Waals surface area contributed by atoms with Gasteiger partial charge in [0.2, 0.25) is 0 Å². The van der Waals surface area contributed by atoms with Crippen LogP contribution in [0.1, 0.15) is 72.0 Å². The topological polar surface area (TPSA) is 49.0 Å². The van der Waals surface area contributed by atoms with Gasteiger partial charge in [0.05, 0.1) is 33.4 Å². The van der Waals surface area contributed by atoms with E-state index in [1.807, 2.05) is 66.9 Å². The van der Waals surface area contributed by atoms with Gasteiger partial charge in [-0.05, 0) is 181 Å². The van der Waals surface area contributed by atoms with E-state index in [0.717, 1.165) is 122 Å². The number of imidazole rings is 1. The summed E-state index contributed by atoms with van der Waals surface area (Å²) in [4.78, 5) is 4.93. The molecule has 0 aliphatic carbocycles. The summed E-state index contributed by atoms with van der Waals surface area (Å²) in [5.41, 5.74) is 16.9. The van der Waals surface area contributed by atoms with Gasteiger partial charge in [0.15, 0.2) is 0 Å². The van der Waals surface area contributed by atoms with Crippen molar-refractivity contribution in [3.8, 4) is 84.3 Å². The summed E-state index contributed by atoms with van der Waals surface area (Å²) in [5, 5.41) is 4.26. The number of aromatic nitrogens is 4. The minimum atomic E-state index is -2.61. The van der Waals surface area contributed by atoms with Crippen LogP contribution >= 0.6 is 0 Å². The summed E-state index contributed by atoms with van der Waals surface area (Å²) < 4.78 is 72.2. The number of nitrogens with zero attached hydrogens (tertiary/aromatic N) is 4. The number of fused-ring (bicyclic) bond motifs is 13. The van der Waals surface area contributed by atoms with E-state index in [1.54, 1.807) is 0 Å². The highest BCUT2D eigenvalue weighted by molar-refractivity contribution is 6.10. The van der Waals surface area contributed by atoms with Crippen LogP contribution in [0, 0.1) is 20.0 Å². The zero-order chi connectivity index (χ0) is 60.8. The second-order valence-corrected chi connectivity index (χ2v) is 23.7. The Bertz CT molecular complexity index is 5170. The number of benzene rings is 10. The third kappa shape index (κ3) is 7.91. The van der Waals surface area contributed by atoms with Crippen LogP contribution in [-0.4, -0.2) is 14.1 Å². The molecule has 396 valence electrons. The number of para-hydroxylation sites is 3. The van der Waals surface area contributed by atoms with Crippen molar-refractivity contribution < 1.29 is 21.9 Å². The Morgan fingerprint density at radius 3 is 1.99 bits per heavy atom. The Kier molecular flexibility index (Phi) is 9.66. The lowest BCUT2D eigenvalue weighted by atomic mass is 9.81. The van der Waals surface area contributed by atoms with Crippen molar-refractivity contribution in [3.05, 3.63) is 247 Å². The fraction of sp³-hybridized carbons (Fsp3) is 0.132. The standard InChI is InChI=1S/C76H60N4O2/c1-46-18-15-19-47(2)72(46)49-30-33-57-55-22-9-10-23-56(55)64-40-50(48-31-35-70-63(38-48)60-25-12-14-29-69(60)82-70)41-68-74(64)79(73-61(62(57)39-49)26-17-27-65(73)76(6,7)8)45-78(68)52-20-16-21-53(43-52)81-54-32-34-59-58-24-11-13-28-66(58)80(67(59)44-54)71-42-51(36-37-77-71)75(3,4)5/h9-44H,1-8H3/i1D3,2D3. The van der Waals surface area contributed by atoms with Crippen molar-refractivity contribution in [2.45, 2.75) is 66.1 Å². The molecular formula is C76H60N4O2. The fourth-order valence-corrected chi connectivity index (χ4v) is 12.5. The number of ether oxygens (including phenoxy) is 1. The van der Waals surface area contributed by atoms with Crippen molar-refractivity contribution in [2.75, 3.05) is 0 Å². The molecule has 14 aromatic rings. The Hall–Kier alpha value is -9.78. The summed E-state index contributed by atoms with van der Waals surface area (Å²) in [6, 6.07) is 71.5. The van der Waals surface area contributed by atoms with Gasteiger partial charge < -0.3 is 9.15 Å². The Balaban J connectivity index is 0.983. The van der Waals surface area contributed by atoms with Gasteiger partial charge in [-0.1, -0.05) is 169 Å². The lowest BCUT2D eigenvalue weighted by molar-refractivity contribution is -0.572. The molecule has 4 aromatic heterocycles. The van der Waals surface area contributed by atoms with Crippen LogP contribution in [0.5, 0.6) is 11.5 Å². The summed E-state index contributed by atoms with van der Waals surface area (Å²) in [6.07, 6.45) is 5.88. The third-order valence-corrected chi connectivity index (χ3v) is 16.5. The molecule has 0 unspecified atom stereocenters.